The second-order valence-corrected chi connectivity index (χ2v) is 2.97. The van der Waals surface area contributed by atoms with Gasteiger partial charge >= 0.3 is 5.97 Å². The molecule has 1 aromatic rings. The zero-order chi connectivity index (χ0) is 12.0. The van der Waals surface area contributed by atoms with Gasteiger partial charge in [0.2, 0.25) is 0 Å². The minimum absolute atomic E-state index is 0.0184. The number of aromatic hydroxyl groups is 1. The van der Waals surface area contributed by atoms with Gasteiger partial charge in [-0.3, -0.25) is 0 Å². The average molecular weight is 217 g/mol. The molecular formula is C12H11NO3. The van der Waals surface area contributed by atoms with E-state index < -0.39 is 5.97 Å². The molecule has 0 heterocycles. The summed E-state index contributed by atoms with van der Waals surface area (Å²) in [6.45, 7) is 2.02. The predicted molar refractivity (Wildman–Crippen MR) is 58.5 cm³/mol. The summed E-state index contributed by atoms with van der Waals surface area (Å²) in [5, 5.41) is 18.0. The highest BCUT2D eigenvalue weighted by molar-refractivity contribution is 5.87. The largest absolute Gasteiger partial charge is 0.508 e. The van der Waals surface area contributed by atoms with Gasteiger partial charge in [0.15, 0.2) is 0 Å². The van der Waals surface area contributed by atoms with Gasteiger partial charge in [-0.2, -0.15) is 5.26 Å². The highest BCUT2D eigenvalue weighted by Crippen LogP contribution is 2.16. The van der Waals surface area contributed by atoms with Gasteiger partial charge < -0.3 is 9.84 Å². The molecule has 0 atom stereocenters. The summed E-state index contributed by atoms with van der Waals surface area (Å²) in [5.74, 6) is -0.440. The van der Waals surface area contributed by atoms with Crippen LogP contribution >= 0.6 is 0 Å². The number of phenolic OH excluding ortho intramolecular Hbond substituents is 1. The van der Waals surface area contributed by atoms with E-state index in [0.29, 0.717) is 17.7 Å². The third-order valence-electron chi connectivity index (χ3n) is 1.84. The van der Waals surface area contributed by atoms with Crippen molar-refractivity contribution >= 4 is 12.0 Å². The van der Waals surface area contributed by atoms with E-state index in [2.05, 4.69) is 0 Å². The number of hydrogen-bond acceptors (Lipinski definition) is 4. The first-order valence-electron chi connectivity index (χ1n) is 4.75. The number of benzene rings is 1. The van der Waals surface area contributed by atoms with Gasteiger partial charge in [-0.25, -0.2) is 4.79 Å². The Morgan fingerprint density at radius 1 is 1.62 bits per heavy atom. The maximum atomic E-state index is 11.0. The summed E-state index contributed by atoms with van der Waals surface area (Å²) in [4.78, 5) is 11.0. The summed E-state index contributed by atoms with van der Waals surface area (Å²) < 4.78 is 4.70. The van der Waals surface area contributed by atoms with Crippen LogP contribution in [0, 0.1) is 11.3 Å². The fraction of sp³-hybridized carbons (Fsp3) is 0.167. The van der Waals surface area contributed by atoms with E-state index >= 15 is 0 Å². The van der Waals surface area contributed by atoms with Crippen LogP contribution in [0.15, 0.2) is 24.3 Å². The molecule has 0 aromatic heterocycles. The predicted octanol–water partition coefficient (Wildman–Crippen LogP) is 1.84. The van der Waals surface area contributed by atoms with Gasteiger partial charge in [0.25, 0.3) is 0 Å². The summed E-state index contributed by atoms with van der Waals surface area (Å²) >= 11 is 0. The fourth-order valence-corrected chi connectivity index (χ4v) is 1.13. The number of ether oxygens (including phenoxy) is 1. The minimum Gasteiger partial charge on any atom is -0.508 e. The molecule has 1 aromatic carbocycles. The van der Waals surface area contributed by atoms with E-state index in [1.54, 1.807) is 13.0 Å². The molecule has 0 saturated heterocycles. The van der Waals surface area contributed by atoms with Crippen molar-refractivity contribution in [2.24, 2.45) is 0 Å². The first kappa shape index (κ1) is 11.8. The standard InChI is InChI=1S/C12H11NO3/c1-2-16-12(15)6-4-9-3-5-11(14)7-10(9)8-13/h3-7,14H,2H2,1H3. The monoisotopic (exact) mass is 217 g/mol. The molecule has 0 aliphatic carbocycles. The van der Waals surface area contributed by atoms with Gasteiger partial charge in [-0.05, 0) is 36.8 Å². The number of phenols is 1. The first-order chi connectivity index (χ1) is 7.67. The number of hydrogen-bond donors (Lipinski definition) is 1. The second-order valence-electron chi connectivity index (χ2n) is 2.97. The van der Waals surface area contributed by atoms with Crippen molar-refractivity contribution in [1.82, 2.24) is 0 Å². The molecule has 0 radical (unpaired) electrons. The molecule has 1 rings (SSSR count). The molecule has 0 aliphatic heterocycles. The SMILES string of the molecule is CCOC(=O)C=Cc1ccc(O)cc1C#N. The van der Waals surface area contributed by atoms with E-state index in [-0.39, 0.29) is 5.75 Å². The lowest BCUT2D eigenvalue weighted by molar-refractivity contribution is -0.137. The molecular weight excluding hydrogens is 206 g/mol. The van der Waals surface area contributed by atoms with Crippen LogP contribution in [0.1, 0.15) is 18.1 Å². The van der Waals surface area contributed by atoms with Crippen LogP contribution in [-0.4, -0.2) is 17.7 Å². The van der Waals surface area contributed by atoms with E-state index in [4.69, 9.17) is 15.1 Å². The normalized spacial score (nSPS) is 10.0. The quantitative estimate of drug-likeness (QED) is 0.619. The lowest BCUT2D eigenvalue weighted by Gasteiger charge is -1.99. The zero-order valence-electron chi connectivity index (χ0n) is 8.80. The molecule has 0 fully saturated rings. The van der Waals surface area contributed by atoms with Crippen molar-refractivity contribution in [1.29, 1.82) is 5.26 Å². The maximum absolute atomic E-state index is 11.0. The number of nitriles is 1. The van der Waals surface area contributed by atoms with Gasteiger partial charge in [0.1, 0.15) is 5.75 Å². The number of carbonyl (C=O) groups is 1. The van der Waals surface area contributed by atoms with Gasteiger partial charge in [0.05, 0.1) is 18.2 Å². The lowest BCUT2D eigenvalue weighted by Crippen LogP contribution is -1.98. The number of esters is 1. The summed E-state index contributed by atoms with van der Waals surface area (Å²) in [6, 6.07) is 6.28. The summed E-state index contributed by atoms with van der Waals surface area (Å²) in [7, 11) is 0. The highest BCUT2D eigenvalue weighted by atomic mass is 16.5. The summed E-state index contributed by atoms with van der Waals surface area (Å²) in [5.41, 5.74) is 0.869. The van der Waals surface area contributed by atoms with E-state index in [1.165, 1.54) is 24.3 Å². The highest BCUT2D eigenvalue weighted by Gasteiger charge is 2.01. The van der Waals surface area contributed by atoms with E-state index in [1.807, 2.05) is 6.07 Å². The molecule has 82 valence electrons. The van der Waals surface area contributed by atoms with E-state index in [0.717, 1.165) is 0 Å². The zero-order valence-corrected chi connectivity index (χ0v) is 8.80. The van der Waals surface area contributed by atoms with Crippen LogP contribution in [0.25, 0.3) is 6.08 Å². The van der Waals surface area contributed by atoms with Crippen LogP contribution in [-0.2, 0) is 9.53 Å². The van der Waals surface area contributed by atoms with Crippen molar-refractivity contribution in [3.05, 3.63) is 35.4 Å². The molecule has 16 heavy (non-hydrogen) atoms. The topological polar surface area (TPSA) is 70.3 Å². The Balaban J connectivity index is 2.89. The smallest absolute Gasteiger partial charge is 0.330 e. The Labute approximate surface area is 93.4 Å². The van der Waals surface area contributed by atoms with Crippen molar-refractivity contribution in [3.8, 4) is 11.8 Å². The molecule has 1 N–H and O–H groups in total. The number of rotatable bonds is 3. The lowest BCUT2D eigenvalue weighted by atomic mass is 10.1. The third kappa shape index (κ3) is 3.14. The average Bonchev–Trinajstić information content (AvgIpc) is 2.27. The Kier molecular flexibility index (Phi) is 4.10. The van der Waals surface area contributed by atoms with E-state index in [9.17, 15) is 4.79 Å². The van der Waals surface area contributed by atoms with Crippen molar-refractivity contribution in [2.45, 2.75) is 6.92 Å². The Hall–Kier alpha value is -2.28. The van der Waals surface area contributed by atoms with Crippen molar-refractivity contribution in [3.63, 3.8) is 0 Å². The molecule has 0 saturated carbocycles. The number of carbonyl (C=O) groups excluding carboxylic acids is 1. The Morgan fingerprint density at radius 2 is 2.38 bits per heavy atom. The van der Waals surface area contributed by atoms with Crippen LogP contribution in [0.5, 0.6) is 5.75 Å². The number of nitrogens with zero attached hydrogens (tertiary/aromatic N) is 1. The Morgan fingerprint density at radius 3 is 3.00 bits per heavy atom. The van der Waals surface area contributed by atoms with Gasteiger partial charge in [-0.15, -0.1) is 0 Å². The van der Waals surface area contributed by atoms with Crippen LogP contribution in [0.3, 0.4) is 0 Å². The van der Waals surface area contributed by atoms with Gasteiger partial charge in [-0.1, -0.05) is 0 Å². The molecule has 4 heteroatoms. The van der Waals surface area contributed by atoms with Crippen LogP contribution in [0.2, 0.25) is 0 Å². The second kappa shape index (κ2) is 5.56. The molecule has 4 nitrogen and oxygen atoms in total. The molecule has 0 aliphatic rings. The molecule has 0 bridgehead atoms. The van der Waals surface area contributed by atoms with Crippen LogP contribution < -0.4 is 0 Å². The minimum atomic E-state index is -0.459. The summed E-state index contributed by atoms with van der Waals surface area (Å²) in [6.07, 6.45) is 2.73. The maximum Gasteiger partial charge on any atom is 0.330 e. The molecule has 0 amide bonds. The van der Waals surface area contributed by atoms with Gasteiger partial charge in [0, 0.05) is 6.08 Å². The Bertz CT molecular complexity index is 458. The van der Waals surface area contributed by atoms with Crippen LogP contribution in [0.4, 0.5) is 0 Å². The molecule has 0 unspecified atom stereocenters. The van der Waals surface area contributed by atoms with Crippen molar-refractivity contribution < 1.29 is 14.6 Å². The third-order valence-corrected chi connectivity index (χ3v) is 1.84. The fourth-order valence-electron chi connectivity index (χ4n) is 1.13. The molecule has 0 spiro atoms. The first-order valence-corrected chi connectivity index (χ1v) is 4.75. The van der Waals surface area contributed by atoms with Crippen molar-refractivity contribution in [2.75, 3.05) is 6.61 Å².